The third-order valence-corrected chi connectivity index (χ3v) is 3.73. The Labute approximate surface area is 89.5 Å². The highest BCUT2D eigenvalue weighted by molar-refractivity contribution is 5.55. The third-order valence-electron chi connectivity index (χ3n) is 3.73. The summed E-state index contributed by atoms with van der Waals surface area (Å²) >= 11 is 0. The third kappa shape index (κ3) is 1.38. The summed E-state index contributed by atoms with van der Waals surface area (Å²) in [5.41, 5.74) is 7.71. The van der Waals surface area contributed by atoms with Gasteiger partial charge in [-0.3, -0.25) is 0 Å². The molecule has 3 heteroatoms. The van der Waals surface area contributed by atoms with Crippen molar-refractivity contribution in [2.45, 2.75) is 25.0 Å². The van der Waals surface area contributed by atoms with Crippen molar-refractivity contribution in [3.8, 4) is 0 Å². The van der Waals surface area contributed by atoms with Crippen molar-refractivity contribution in [2.24, 2.45) is 5.92 Å². The molecular weight excluding hydrogens is 188 g/mol. The second kappa shape index (κ2) is 3.14. The molecule has 0 aromatic heterocycles. The van der Waals surface area contributed by atoms with Gasteiger partial charge >= 0.3 is 0 Å². The zero-order valence-corrected chi connectivity index (χ0v) is 8.63. The first kappa shape index (κ1) is 9.04. The molecule has 3 atom stereocenters. The Bertz CT molecular complexity index is 360. The van der Waals surface area contributed by atoms with Gasteiger partial charge in [0.05, 0.1) is 6.10 Å². The highest BCUT2D eigenvalue weighted by Gasteiger charge is 2.43. The number of nitrogens with two attached hydrogens (primary N) is 1. The molecule has 1 aromatic carbocycles. The monoisotopic (exact) mass is 204 g/mol. The van der Waals surface area contributed by atoms with Crippen molar-refractivity contribution in [1.82, 2.24) is 0 Å². The molecule has 80 valence electrons. The number of anilines is 2. The van der Waals surface area contributed by atoms with E-state index in [4.69, 9.17) is 5.73 Å². The minimum atomic E-state index is -0.0694. The van der Waals surface area contributed by atoms with E-state index in [9.17, 15) is 5.11 Å². The largest absolute Gasteiger partial charge is 0.399 e. The van der Waals surface area contributed by atoms with E-state index in [1.165, 1.54) is 5.69 Å². The first-order chi connectivity index (χ1) is 7.24. The van der Waals surface area contributed by atoms with Crippen LogP contribution in [-0.4, -0.2) is 23.8 Å². The van der Waals surface area contributed by atoms with Gasteiger partial charge in [0.2, 0.25) is 0 Å². The Kier molecular flexibility index (Phi) is 1.89. The summed E-state index contributed by atoms with van der Waals surface area (Å²) in [5, 5.41) is 9.68. The molecule has 3 nitrogen and oxygen atoms in total. The van der Waals surface area contributed by atoms with Gasteiger partial charge in [-0.1, -0.05) is 0 Å². The summed E-state index contributed by atoms with van der Waals surface area (Å²) in [5.74, 6) is 0.479. The van der Waals surface area contributed by atoms with E-state index in [-0.39, 0.29) is 6.10 Å². The lowest BCUT2D eigenvalue weighted by molar-refractivity contribution is 0.127. The number of hydrogen-bond acceptors (Lipinski definition) is 3. The topological polar surface area (TPSA) is 49.5 Å². The number of aliphatic hydroxyl groups is 1. The maximum atomic E-state index is 9.68. The average molecular weight is 204 g/mol. The number of nitrogens with zero attached hydrogens (tertiary/aromatic N) is 1. The summed E-state index contributed by atoms with van der Waals surface area (Å²) in [6.07, 6.45) is 2.00. The number of fused-ring (bicyclic) bond motifs is 2. The summed E-state index contributed by atoms with van der Waals surface area (Å²) in [6, 6.07) is 8.56. The molecular formula is C12H16N2O. The lowest BCUT2D eigenvalue weighted by atomic mass is 10.1. The Morgan fingerprint density at radius 2 is 1.93 bits per heavy atom. The number of hydrogen-bond donors (Lipinski definition) is 2. The summed E-state index contributed by atoms with van der Waals surface area (Å²) in [4.78, 5) is 2.40. The van der Waals surface area contributed by atoms with Crippen LogP contribution < -0.4 is 10.6 Å². The number of benzene rings is 1. The van der Waals surface area contributed by atoms with Crippen molar-refractivity contribution in [1.29, 1.82) is 0 Å². The smallest absolute Gasteiger partial charge is 0.0605 e. The van der Waals surface area contributed by atoms with E-state index < -0.39 is 0 Å². The van der Waals surface area contributed by atoms with Crippen LogP contribution in [0.4, 0.5) is 11.4 Å². The van der Waals surface area contributed by atoms with Crippen molar-refractivity contribution in [3.63, 3.8) is 0 Å². The molecule has 3 N–H and O–H groups in total. The van der Waals surface area contributed by atoms with Gasteiger partial charge in [0.1, 0.15) is 0 Å². The van der Waals surface area contributed by atoms with Crippen molar-refractivity contribution < 1.29 is 5.11 Å². The van der Waals surface area contributed by atoms with Gasteiger partial charge in [-0.15, -0.1) is 0 Å². The van der Waals surface area contributed by atoms with Gasteiger partial charge in [-0.2, -0.15) is 0 Å². The molecule has 1 aliphatic carbocycles. The molecule has 2 bridgehead atoms. The molecule has 1 saturated carbocycles. The minimum Gasteiger partial charge on any atom is -0.399 e. The molecule has 2 aliphatic rings. The summed E-state index contributed by atoms with van der Waals surface area (Å²) in [6.45, 7) is 0.996. The number of piperidine rings is 1. The fraction of sp³-hybridized carbons (Fsp3) is 0.500. The van der Waals surface area contributed by atoms with E-state index in [1.54, 1.807) is 0 Å². The summed E-state index contributed by atoms with van der Waals surface area (Å²) < 4.78 is 0. The van der Waals surface area contributed by atoms with Crippen molar-refractivity contribution >= 4 is 11.4 Å². The van der Waals surface area contributed by atoms with Crippen molar-refractivity contribution in [3.05, 3.63) is 24.3 Å². The zero-order valence-electron chi connectivity index (χ0n) is 8.63. The molecule has 3 rings (SSSR count). The molecule has 3 unspecified atom stereocenters. The average Bonchev–Trinajstić information content (AvgIpc) is 2.77. The molecule has 1 aliphatic heterocycles. The van der Waals surface area contributed by atoms with E-state index in [0.29, 0.717) is 12.0 Å². The molecule has 0 spiro atoms. The van der Waals surface area contributed by atoms with Gasteiger partial charge in [0, 0.05) is 29.9 Å². The lowest BCUT2D eigenvalue weighted by Crippen LogP contribution is -2.37. The van der Waals surface area contributed by atoms with Gasteiger partial charge in [0.25, 0.3) is 0 Å². The van der Waals surface area contributed by atoms with Crippen molar-refractivity contribution in [2.75, 3.05) is 17.2 Å². The first-order valence-corrected chi connectivity index (χ1v) is 5.54. The van der Waals surface area contributed by atoms with Crippen LogP contribution in [0.1, 0.15) is 12.8 Å². The quantitative estimate of drug-likeness (QED) is 0.676. The molecule has 0 radical (unpaired) electrons. The van der Waals surface area contributed by atoms with Crippen LogP contribution in [0.25, 0.3) is 0 Å². The molecule has 15 heavy (non-hydrogen) atoms. The normalized spacial score (nSPS) is 33.7. The van der Waals surface area contributed by atoms with Crippen LogP contribution in [0.2, 0.25) is 0 Å². The molecule has 1 heterocycles. The molecule has 2 fully saturated rings. The maximum absolute atomic E-state index is 9.68. The second-order valence-corrected chi connectivity index (χ2v) is 4.70. The fourth-order valence-corrected chi connectivity index (χ4v) is 2.91. The van der Waals surface area contributed by atoms with E-state index in [0.717, 1.165) is 25.1 Å². The highest BCUT2D eigenvalue weighted by Crippen LogP contribution is 2.40. The SMILES string of the molecule is Nc1ccc(N2CC3CC2CC3O)cc1. The zero-order chi connectivity index (χ0) is 10.4. The number of rotatable bonds is 1. The predicted octanol–water partition coefficient (Wildman–Crippen LogP) is 1.23. The summed E-state index contributed by atoms with van der Waals surface area (Å²) in [7, 11) is 0. The Hall–Kier alpha value is -1.22. The van der Waals surface area contributed by atoms with Crippen LogP contribution in [0.15, 0.2) is 24.3 Å². The second-order valence-electron chi connectivity index (χ2n) is 4.70. The number of nitrogen functional groups attached to an aromatic ring is 1. The van der Waals surface area contributed by atoms with E-state index in [1.807, 2.05) is 12.1 Å². The highest BCUT2D eigenvalue weighted by atomic mass is 16.3. The molecule has 0 amide bonds. The minimum absolute atomic E-state index is 0.0694. The van der Waals surface area contributed by atoms with E-state index >= 15 is 0 Å². The molecule has 1 aromatic rings. The van der Waals surface area contributed by atoms with Gasteiger partial charge in [-0.05, 0) is 37.1 Å². The Morgan fingerprint density at radius 1 is 1.20 bits per heavy atom. The van der Waals surface area contributed by atoms with Crippen LogP contribution in [0.5, 0.6) is 0 Å². The number of aliphatic hydroxyl groups excluding tert-OH is 1. The Morgan fingerprint density at radius 3 is 2.47 bits per heavy atom. The van der Waals surface area contributed by atoms with E-state index in [2.05, 4.69) is 17.0 Å². The van der Waals surface area contributed by atoms with Gasteiger partial charge < -0.3 is 15.7 Å². The lowest BCUT2D eigenvalue weighted by Gasteiger charge is -2.31. The van der Waals surface area contributed by atoms with Crippen LogP contribution in [0.3, 0.4) is 0 Å². The standard InChI is InChI=1S/C12H16N2O/c13-9-1-3-10(4-2-9)14-7-8-5-11(14)6-12(8)15/h1-4,8,11-12,15H,5-7,13H2. The molecule has 1 saturated heterocycles. The van der Waals surface area contributed by atoms with Crippen LogP contribution in [-0.2, 0) is 0 Å². The van der Waals surface area contributed by atoms with Gasteiger partial charge in [0.15, 0.2) is 0 Å². The van der Waals surface area contributed by atoms with Gasteiger partial charge in [-0.25, -0.2) is 0 Å². The fourth-order valence-electron chi connectivity index (χ4n) is 2.91. The predicted molar refractivity (Wildman–Crippen MR) is 60.7 cm³/mol. The first-order valence-electron chi connectivity index (χ1n) is 5.54. The maximum Gasteiger partial charge on any atom is 0.0605 e. The van der Waals surface area contributed by atoms with Crippen LogP contribution in [0, 0.1) is 5.92 Å². The van der Waals surface area contributed by atoms with Crippen LogP contribution >= 0.6 is 0 Å². The Balaban J connectivity index is 1.83.